The first-order chi connectivity index (χ1) is 10.2. The Bertz CT molecular complexity index is 689. The summed E-state index contributed by atoms with van der Waals surface area (Å²) < 4.78 is 0.940. The predicted octanol–water partition coefficient (Wildman–Crippen LogP) is 2.77. The third kappa shape index (κ3) is 2.54. The summed E-state index contributed by atoms with van der Waals surface area (Å²) in [7, 11) is 0. The lowest BCUT2D eigenvalue weighted by Crippen LogP contribution is -2.47. The third-order valence-electron chi connectivity index (χ3n) is 4.43. The Balaban J connectivity index is 1.53. The van der Waals surface area contributed by atoms with Crippen LogP contribution in [0.1, 0.15) is 23.3 Å². The van der Waals surface area contributed by atoms with Crippen LogP contribution in [0.2, 0.25) is 5.15 Å². The lowest BCUT2D eigenvalue weighted by molar-refractivity contribution is 0.0904. The minimum Gasteiger partial charge on any atom is -0.347 e. The number of aromatic nitrogens is 1. The summed E-state index contributed by atoms with van der Waals surface area (Å²) in [5, 5.41) is 6.49. The molecule has 0 radical (unpaired) electrons. The minimum atomic E-state index is -0.113. The second-order valence-electron chi connectivity index (χ2n) is 5.96. The van der Waals surface area contributed by atoms with Gasteiger partial charge in [-0.25, -0.2) is 4.98 Å². The van der Waals surface area contributed by atoms with Crippen molar-refractivity contribution in [2.45, 2.75) is 18.9 Å². The first-order valence-electron chi connectivity index (χ1n) is 7.26. The van der Waals surface area contributed by atoms with Crippen molar-refractivity contribution in [3.63, 3.8) is 0 Å². The van der Waals surface area contributed by atoms with Gasteiger partial charge < -0.3 is 10.2 Å². The van der Waals surface area contributed by atoms with Gasteiger partial charge >= 0.3 is 0 Å². The number of carbonyl (C=O) groups is 1. The maximum atomic E-state index is 12.4. The second-order valence-corrected chi connectivity index (χ2v) is 7.23. The molecule has 2 bridgehead atoms. The zero-order valence-corrected chi connectivity index (χ0v) is 13.1. The van der Waals surface area contributed by atoms with Crippen molar-refractivity contribution < 1.29 is 4.79 Å². The van der Waals surface area contributed by atoms with E-state index in [1.54, 1.807) is 11.3 Å². The largest absolute Gasteiger partial charge is 0.347 e. The molecule has 2 fully saturated rings. The third-order valence-corrected chi connectivity index (χ3v) is 5.75. The molecule has 3 unspecified atom stereocenters. The normalized spacial score (nSPS) is 28.0. The number of thiophene rings is 1. The number of pyridine rings is 1. The molecule has 2 aromatic heterocycles. The summed E-state index contributed by atoms with van der Waals surface area (Å²) in [4.78, 5) is 19.1. The van der Waals surface area contributed by atoms with E-state index < -0.39 is 0 Å². The highest BCUT2D eigenvalue weighted by molar-refractivity contribution is 7.17. The van der Waals surface area contributed by atoms with E-state index >= 15 is 0 Å². The highest BCUT2D eigenvalue weighted by atomic mass is 35.5. The molecule has 0 saturated carbocycles. The number of carbonyl (C=O) groups excluding carboxylic acids is 1. The molecular weight excluding hydrogens is 306 g/mol. The number of amides is 1. The monoisotopic (exact) mass is 321 g/mol. The highest BCUT2D eigenvalue weighted by Crippen LogP contribution is 2.29. The van der Waals surface area contributed by atoms with E-state index in [-0.39, 0.29) is 11.9 Å². The van der Waals surface area contributed by atoms with Crippen LogP contribution >= 0.6 is 22.9 Å². The van der Waals surface area contributed by atoms with Gasteiger partial charge in [0.2, 0.25) is 0 Å². The van der Waals surface area contributed by atoms with Crippen LogP contribution in [-0.4, -0.2) is 41.5 Å². The maximum absolute atomic E-state index is 12.4. The Morgan fingerprint density at radius 3 is 3.24 bits per heavy atom. The Morgan fingerprint density at radius 1 is 1.48 bits per heavy atom. The number of fused-ring (bicyclic) bond motifs is 3. The van der Waals surface area contributed by atoms with E-state index in [0.717, 1.165) is 29.0 Å². The van der Waals surface area contributed by atoms with Gasteiger partial charge in [-0.15, -0.1) is 11.3 Å². The predicted molar refractivity (Wildman–Crippen MR) is 85.0 cm³/mol. The molecule has 1 amide bonds. The number of piperidine rings is 1. The first kappa shape index (κ1) is 13.5. The summed E-state index contributed by atoms with van der Waals surface area (Å²) in [5.74, 6) is 0.623. The Morgan fingerprint density at radius 2 is 2.38 bits per heavy atom. The van der Waals surface area contributed by atoms with Crippen LogP contribution in [0.4, 0.5) is 0 Å². The molecule has 0 spiro atoms. The molecule has 0 aromatic carbocycles. The van der Waals surface area contributed by atoms with Crippen LogP contribution in [0, 0.1) is 5.92 Å². The zero-order chi connectivity index (χ0) is 14.4. The van der Waals surface area contributed by atoms with Gasteiger partial charge in [0.15, 0.2) is 0 Å². The lowest BCUT2D eigenvalue weighted by Gasteiger charge is -2.30. The van der Waals surface area contributed by atoms with Gasteiger partial charge in [-0.3, -0.25) is 4.79 Å². The SMILES string of the molecule is O=C(NC1CC2CCN(C2)C1)c1cc2ccsc2c(Cl)n1. The fourth-order valence-corrected chi connectivity index (χ4v) is 4.57. The molecule has 2 aliphatic heterocycles. The molecule has 1 N–H and O–H groups in total. The van der Waals surface area contributed by atoms with Gasteiger partial charge in [-0.05, 0) is 48.2 Å². The number of rotatable bonds is 2. The number of nitrogens with zero attached hydrogens (tertiary/aromatic N) is 2. The van der Waals surface area contributed by atoms with Crippen LogP contribution < -0.4 is 5.32 Å². The van der Waals surface area contributed by atoms with E-state index in [0.29, 0.717) is 10.8 Å². The number of halogens is 1. The highest BCUT2D eigenvalue weighted by Gasteiger charge is 2.33. The summed E-state index contributed by atoms with van der Waals surface area (Å²) >= 11 is 7.70. The molecule has 0 aliphatic carbocycles. The molecule has 110 valence electrons. The molecular formula is C15H16ClN3OS. The lowest BCUT2D eigenvalue weighted by atomic mass is 9.97. The summed E-state index contributed by atoms with van der Waals surface area (Å²) in [6.07, 6.45) is 2.34. The van der Waals surface area contributed by atoms with Crippen molar-refractivity contribution in [2.75, 3.05) is 19.6 Å². The van der Waals surface area contributed by atoms with Crippen LogP contribution in [0.15, 0.2) is 17.5 Å². The quantitative estimate of drug-likeness (QED) is 0.865. The van der Waals surface area contributed by atoms with Crippen molar-refractivity contribution >= 4 is 38.9 Å². The van der Waals surface area contributed by atoms with Crippen LogP contribution in [0.3, 0.4) is 0 Å². The number of hydrogen-bond donors (Lipinski definition) is 1. The van der Waals surface area contributed by atoms with E-state index in [1.807, 2.05) is 17.5 Å². The van der Waals surface area contributed by atoms with Gasteiger partial charge in [0.25, 0.3) is 5.91 Å². The van der Waals surface area contributed by atoms with Gasteiger partial charge in [0, 0.05) is 19.1 Å². The Kier molecular flexibility index (Phi) is 3.36. The molecule has 2 aromatic rings. The smallest absolute Gasteiger partial charge is 0.270 e. The molecule has 3 atom stereocenters. The first-order valence-corrected chi connectivity index (χ1v) is 8.52. The van der Waals surface area contributed by atoms with Crippen molar-refractivity contribution in [3.8, 4) is 0 Å². The van der Waals surface area contributed by atoms with Crippen LogP contribution in [0.5, 0.6) is 0 Å². The van der Waals surface area contributed by atoms with Crippen LogP contribution in [0.25, 0.3) is 10.1 Å². The molecule has 4 nitrogen and oxygen atoms in total. The summed E-state index contributed by atoms with van der Waals surface area (Å²) in [5.41, 5.74) is 0.416. The van der Waals surface area contributed by atoms with Crippen molar-refractivity contribution in [3.05, 3.63) is 28.4 Å². The molecule has 6 heteroatoms. The molecule has 4 heterocycles. The average molecular weight is 322 g/mol. The Labute approximate surface area is 132 Å². The topological polar surface area (TPSA) is 45.2 Å². The Hall–Kier alpha value is -1.17. The van der Waals surface area contributed by atoms with E-state index in [9.17, 15) is 4.79 Å². The molecule has 21 heavy (non-hydrogen) atoms. The number of hydrogen-bond acceptors (Lipinski definition) is 4. The van der Waals surface area contributed by atoms with Gasteiger partial charge in [0.05, 0.1) is 4.70 Å². The van der Waals surface area contributed by atoms with E-state index in [2.05, 4.69) is 15.2 Å². The zero-order valence-electron chi connectivity index (χ0n) is 11.5. The second kappa shape index (κ2) is 5.23. The van der Waals surface area contributed by atoms with Gasteiger partial charge in [-0.1, -0.05) is 11.6 Å². The standard InChI is InChI=1S/C15H16ClN3OS/c16-14-13-10(2-4-21-13)6-12(18-14)15(20)17-11-5-9-1-3-19(7-9)8-11/h2,4,6,9,11H,1,3,5,7-8H2,(H,17,20). The van der Waals surface area contributed by atoms with Crippen LogP contribution in [-0.2, 0) is 0 Å². The maximum Gasteiger partial charge on any atom is 0.270 e. The molecule has 2 saturated heterocycles. The fourth-order valence-electron chi connectivity index (χ4n) is 3.48. The number of nitrogens with one attached hydrogen (secondary N) is 1. The molecule has 4 rings (SSSR count). The van der Waals surface area contributed by atoms with Gasteiger partial charge in [0.1, 0.15) is 10.8 Å². The summed E-state index contributed by atoms with van der Waals surface area (Å²) in [6, 6.07) is 4.03. The fraction of sp³-hybridized carbons (Fsp3) is 0.467. The van der Waals surface area contributed by atoms with Crippen molar-refractivity contribution in [1.29, 1.82) is 0 Å². The average Bonchev–Trinajstić information content (AvgIpc) is 3.05. The van der Waals surface area contributed by atoms with Gasteiger partial charge in [-0.2, -0.15) is 0 Å². The minimum absolute atomic E-state index is 0.113. The van der Waals surface area contributed by atoms with E-state index in [4.69, 9.17) is 11.6 Å². The van der Waals surface area contributed by atoms with Crippen molar-refractivity contribution in [1.82, 2.24) is 15.2 Å². The van der Waals surface area contributed by atoms with E-state index in [1.165, 1.54) is 19.5 Å². The molecule has 2 aliphatic rings. The summed E-state index contributed by atoms with van der Waals surface area (Å²) in [6.45, 7) is 3.32. The van der Waals surface area contributed by atoms with Crippen molar-refractivity contribution in [2.24, 2.45) is 5.92 Å².